The number of hydrogen-bond acceptors (Lipinski definition) is 4. The Hall–Kier alpha value is -3.30. The highest BCUT2D eigenvalue weighted by molar-refractivity contribution is 7.92. The summed E-state index contributed by atoms with van der Waals surface area (Å²) >= 11 is 18.3. The van der Waals surface area contributed by atoms with Crippen LogP contribution in [0.25, 0.3) is 5.69 Å². The van der Waals surface area contributed by atoms with E-state index in [0.717, 1.165) is 26.9 Å². The minimum Gasteiger partial charge on any atom is -0.318 e. The van der Waals surface area contributed by atoms with Crippen molar-refractivity contribution >= 4 is 62.6 Å². The molecule has 38 heavy (non-hydrogen) atoms. The molecule has 0 saturated heterocycles. The topological polar surface area (TPSA) is 83.8 Å². The zero-order chi connectivity index (χ0) is 27.4. The number of nitrogens with one attached hydrogen (secondary N) is 1. The molecule has 196 valence electrons. The molecule has 0 bridgehead atoms. The predicted molar refractivity (Wildman–Crippen MR) is 153 cm³/mol. The second kappa shape index (κ2) is 11.6. The first-order chi connectivity index (χ1) is 18.1. The summed E-state index contributed by atoms with van der Waals surface area (Å²) in [5, 5.41) is 5.11. The molecule has 1 heterocycles. The van der Waals surface area contributed by atoms with Gasteiger partial charge in [0.1, 0.15) is 6.54 Å². The van der Waals surface area contributed by atoms with Crippen molar-refractivity contribution in [1.29, 1.82) is 0 Å². The summed E-state index contributed by atoms with van der Waals surface area (Å²) < 4.78 is 29.8. The zero-order valence-electron chi connectivity index (χ0n) is 20.4. The van der Waals surface area contributed by atoms with E-state index < -0.39 is 22.5 Å². The van der Waals surface area contributed by atoms with E-state index >= 15 is 0 Å². The average Bonchev–Trinajstić information content (AvgIpc) is 3.17. The molecule has 7 nitrogen and oxygen atoms in total. The van der Waals surface area contributed by atoms with Crippen LogP contribution in [0.4, 0.5) is 5.69 Å². The molecular weight excluding hydrogens is 567 g/mol. The molecule has 0 aliphatic rings. The highest BCUT2D eigenvalue weighted by Gasteiger charge is 2.27. The van der Waals surface area contributed by atoms with Gasteiger partial charge in [-0.25, -0.2) is 13.8 Å². The SMILES string of the molecule is Cc1cc(/C=N/NC(=O)CN(c2ccc(Cl)c(Cl)c2)S(=O)(=O)c2ccccc2)c(C)n1-c1cccc(Cl)c1. The van der Waals surface area contributed by atoms with E-state index in [0.29, 0.717) is 5.02 Å². The van der Waals surface area contributed by atoms with Gasteiger partial charge >= 0.3 is 0 Å². The quantitative estimate of drug-likeness (QED) is 0.191. The summed E-state index contributed by atoms with van der Waals surface area (Å²) in [5.41, 5.74) is 6.14. The van der Waals surface area contributed by atoms with Crippen molar-refractivity contribution in [3.8, 4) is 5.69 Å². The van der Waals surface area contributed by atoms with Gasteiger partial charge in [-0.1, -0.05) is 59.1 Å². The first kappa shape index (κ1) is 27.7. The van der Waals surface area contributed by atoms with Crippen LogP contribution >= 0.6 is 34.8 Å². The number of aromatic nitrogens is 1. The molecule has 11 heteroatoms. The maximum Gasteiger partial charge on any atom is 0.264 e. The van der Waals surface area contributed by atoms with Crippen LogP contribution in [0.1, 0.15) is 17.0 Å². The number of hydrazone groups is 1. The minimum atomic E-state index is -4.09. The van der Waals surface area contributed by atoms with Gasteiger partial charge in [-0.05, 0) is 68.4 Å². The Morgan fingerprint density at radius 3 is 2.37 bits per heavy atom. The van der Waals surface area contributed by atoms with Gasteiger partial charge in [0.15, 0.2) is 0 Å². The number of benzene rings is 3. The number of aryl methyl sites for hydroxylation is 1. The number of amides is 1. The van der Waals surface area contributed by atoms with E-state index in [1.807, 2.05) is 42.7 Å². The summed E-state index contributed by atoms with van der Waals surface area (Å²) in [6.07, 6.45) is 1.51. The number of halogens is 3. The Morgan fingerprint density at radius 1 is 0.947 bits per heavy atom. The van der Waals surface area contributed by atoms with Crippen molar-refractivity contribution in [1.82, 2.24) is 9.99 Å². The number of anilines is 1. The van der Waals surface area contributed by atoms with E-state index in [4.69, 9.17) is 34.8 Å². The van der Waals surface area contributed by atoms with Gasteiger partial charge < -0.3 is 4.57 Å². The fraction of sp³-hybridized carbons (Fsp3) is 0.111. The third-order valence-corrected chi connectivity index (χ3v) is 8.50. The van der Waals surface area contributed by atoms with Crippen molar-refractivity contribution in [3.05, 3.63) is 111 Å². The lowest BCUT2D eigenvalue weighted by Gasteiger charge is -2.24. The van der Waals surface area contributed by atoms with Gasteiger partial charge in [0.2, 0.25) is 0 Å². The number of sulfonamides is 1. The number of nitrogens with zero attached hydrogens (tertiary/aromatic N) is 3. The fourth-order valence-electron chi connectivity index (χ4n) is 3.95. The molecule has 1 N–H and O–H groups in total. The highest BCUT2D eigenvalue weighted by Crippen LogP contribution is 2.30. The Morgan fingerprint density at radius 2 is 1.68 bits per heavy atom. The first-order valence-corrected chi connectivity index (χ1v) is 13.9. The molecular formula is C27H23Cl3N4O3S. The molecule has 0 aliphatic carbocycles. The van der Waals surface area contributed by atoms with E-state index in [1.165, 1.54) is 36.5 Å². The zero-order valence-corrected chi connectivity index (χ0v) is 23.5. The number of rotatable bonds is 8. The Kier molecular flexibility index (Phi) is 8.47. The standard InChI is InChI=1S/C27H23Cl3N4O3S/c1-18-13-20(19(2)34(18)23-8-6-7-21(28)14-23)16-31-32-27(35)17-33(22-11-12-25(29)26(30)15-22)38(36,37)24-9-4-3-5-10-24/h3-16H,17H2,1-2H3,(H,32,35)/b31-16+. The molecule has 0 radical (unpaired) electrons. The maximum atomic E-state index is 13.4. The van der Waals surface area contributed by atoms with Crippen molar-refractivity contribution in [2.24, 2.45) is 5.10 Å². The van der Waals surface area contributed by atoms with Crippen LogP contribution in [0.15, 0.2) is 88.9 Å². The lowest BCUT2D eigenvalue weighted by molar-refractivity contribution is -0.119. The van der Waals surface area contributed by atoms with Gasteiger partial charge in [0, 0.05) is 27.7 Å². The third kappa shape index (κ3) is 6.05. The normalized spacial score (nSPS) is 11.6. The number of carbonyl (C=O) groups excluding carboxylic acids is 1. The fourth-order valence-corrected chi connectivity index (χ4v) is 5.86. The largest absolute Gasteiger partial charge is 0.318 e. The summed E-state index contributed by atoms with van der Waals surface area (Å²) in [7, 11) is -4.09. The van der Waals surface area contributed by atoms with E-state index in [-0.39, 0.29) is 20.6 Å². The van der Waals surface area contributed by atoms with Crippen LogP contribution < -0.4 is 9.73 Å². The van der Waals surface area contributed by atoms with Crippen molar-refractivity contribution < 1.29 is 13.2 Å². The summed E-state index contributed by atoms with van der Waals surface area (Å²) in [5.74, 6) is -0.643. The molecule has 0 saturated carbocycles. The number of carbonyl (C=O) groups is 1. The van der Waals surface area contributed by atoms with Crippen molar-refractivity contribution in [3.63, 3.8) is 0 Å². The Bertz CT molecular complexity index is 1620. The Balaban J connectivity index is 1.56. The third-order valence-electron chi connectivity index (χ3n) is 5.74. The van der Waals surface area contributed by atoms with Crippen LogP contribution in [0, 0.1) is 13.8 Å². The van der Waals surface area contributed by atoms with Crippen LogP contribution in [0.3, 0.4) is 0 Å². The highest BCUT2D eigenvalue weighted by atomic mass is 35.5. The molecule has 0 unspecified atom stereocenters. The van der Waals surface area contributed by atoms with Gasteiger partial charge in [0.05, 0.1) is 26.8 Å². The summed E-state index contributed by atoms with van der Waals surface area (Å²) in [6, 6.07) is 21.5. The van der Waals surface area contributed by atoms with Crippen molar-refractivity contribution in [2.45, 2.75) is 18.7 Å². The minimum absolute atomic E-state index is 0.0239. The predicted octanol–water partition coefficient (Wildman–Crippen LogP) is 6.40. The Labute approximate surface area is 236 Å². The van der Waals surface area contributed by atoms with Gasteiger partial charge in [0.25, 0.3) is 15.9 Å². The molecule has 3 aromatic carbocycles. The number of hydrogen-bond donors (Lipinski definition) is 1. The molecule has 4 aromatic rings. The smallest absolute Gasteiger partial charge is 0.264 e. The van der Waals surface area contributed by atoms with E-state index in [2.05, 4.69) is 10.5 Å². The van der Waals surface area contributed by atoms with E-state index in [1.54, 1.807) is 24.3 Å². The van der Waals surface area contributed by atoms with Crippen LogP contribution in [-0.2, 0) is 14.8 Å². The molecule has 4 rings (SSSR count). The second-order valence-electron chi connectivity index (χ2n) is 8.36. The average molecular weight is 590 g/mol. The van der Waals surface area contributed by atoms with Crippen molar-refractivity contribution in [2.75, 3.05) is 10.8 Å². The van der Waals surface area contributed by atoms with Crippen LogP contribution in [-0.4, -0.2) is 31.7 Å². The van der Waals surface area contributed by atoms with Crippen LogP contribution in [0.2, 0.25) is 15.1 Å². The second-order valence-corrected chi connectivity index (χ2v) is 11.5. The molecule has 0 fully saturated rings. The molecule has 1 aromatic heterocycles. The van der Waals surface area contributed by atoms with Gasteiger partial charge in [-0.15, -0.1) is 0 Å². The van der Waals surface area contributed by atoms with Gasteiger partial charge in [-0.2, -0.15) is 5.10 Å². The summed E-state index contributed by atoms with van der Waals surface area (Å²) in [4.78, 5) is 12.9. The first-order valence-electron chi connectivity index (χ1n) is 11.4. The monoisotopic (exact) mass is 588 g/mol. The maximum absolute atomic E-state index is 13.4. The lowest BCUT2D eigenvalue weighted by atomic mass is 10.2. The lowest BCUT2D eigenvalue weighted by Crippen LogP contribution is -2.39. The molecule has 0 atom stereocenters. The van der Waals surface area contributed by atoms with Crippen LogP contribution in [0.5, 0.6) is 0 Å². The molecule has 0 spiro atoms. The molecule has 0 aliphatic heterocycles. The van der Waals surface area contributed by atoms with E-state index in [9.17, 15) is 13.2 Å². The summed E-state index contributed by atoms with van der Waals surface area (Å²) in [6.45, 7) is 3.34. The van der Waals surface area contributed by atoms with Gasteiger partial charge in [-0.3, -0.25) is 9.10 Å². The molecule has 1 amide bonds.